The smallest absolute Gasteiger partial charge is 0.311 e. The van der Waals surface area contributed by atoms with Crippen molar-refractivity contribution in [1.82, 2.24) is 0 Å². The molecule has 1 aromatic carbocycles. The molecule has 114 valence electrons. The molecule has 1 rings (SSSR count). The van der Waals surface area contributed by atoms with Crippen LogP contribution in [0.2, 0.25) is 0 Å². The van der Waals surface area contributed by atoms with Crippen LogP contribution in [0.4, 0.5) is 0 Å². The maximum atomic E-state index is 11.8. The molecule has 0 fully saturated rings. The zero-order chi connectivity index (χ0) is 15.4. The predicted octanol–water partition coefficient (Wildman–Crippen LogP) is 3.33. The molecule has 0 amide bonds. The summed E-state index contributed by atoms with van der Waals surface area (Å²) in [4.78, 5) is 0. The largest absolute Gasteiger partial charge is 0.382 e. The van der Waals surface area contributed by atoms with Gasteiger partial charge in [-0.05, 0) is 44.4 Å². The van der Waals surface area contributed by atoms with Crippen molar-refractivity contribution >= 4 is 10.1 Å². The molecule has 4 nitrogen and oxygen atoms in total. The van der Waals surface area contributed by atoms with Gasteiger partial charge in [-0.1, -0.05) is 26.0 Å². The average molecular weight is 300 g/mol. The second kappa shape index (κ2) is 6.59. The van der Waals surface area contributed by atoms with Crippen molar-refractivity contribution in [1.29, 1.82) is 0 Å². The standard InChI is InChI=1S/C15H24O4S/c1-12(2)13-6-8-14(9-7-13)19-20(16,17)11-10-18-15(3,4)5/h6-9,12H,10-11H2,1-5H3. The van der Waals surface area contributed by atoms with Crippen LogP contribution in [0.5, 0.6) is 5.75 Å². The summed E-state index contributed by atoms with van der Waals surface area (Å²) in [5, 5.41) is 0. The monoisotopic (exact) mass is 300 g/mol. The van der Waals surface area contributed by atoms with E-state index < -0.39 is 10.1 Å². The van der Waals surface area contributed by atoms with Crippen molar-refractivity contribution in [2.45, 2.75) is 46.1 Å². The number of rotatable bonds is 6. The highest BCUT2D eigenvalue weighted by Crippen LogP contribution is 2.20. The van der Waals surface area contributed by atoms with Crippen molar-refractivity contribution in [3.05, 3.63) is 29.8 Å². The SMILES string of the molecule is CC(C)c1ccc(OS(=O)(=O)CCOC(C)(C)C)cc1. The van der Waals surface area contributed by atoms with E-state index in [4.69, 9.17) is 8.92 Å². The fraction of sp³-hybridized carbons (Fsp3) is 0.600. The van der Waals surface area contributed by atoms with Gasteiger partial charge in [-0.3, -0.25) is 0 Å². The molecule has 5 heteroatoms. The van der Waals surface area contributed by atoms with Crippen LogP contribution in [0, 0.1) is 0 Å². The van der Waals surface area contributed by atoms with Gasteiger partial charge >= 0.3 is 10.1 Å². The second-order valence-electron chi connectivity index (χ2n) is 6.03. The van der Waals surface area contributed by atoms with Crippen molar-refractivity contribution < 1.29 is 17.3 Å². The van der Waals surface area contributed by atoms with Crippen LogP contribution in [-0.4, -0.2) is 26.4 Å². The van der Waals surface area contributed by atoms with E-state index in [1.165, 1.54) is 0 Å². The van der Waals surface area contributed by atoms with Crippen LogP contribution in [0.25, 0.3) is 0 Å². The third-order valence-electron chi connectivity index (χ3n) is 2.64. The van der Waals surface area contributed by atoms with E-state index in [1.54, 1.807) is 12.1 Å². The molecule has 0 saturated carbocycles. The van der Waals surface area contributed by atoms with E-state index in [2.05, 4.69) is 13.8 Å². The minimum Gasteiger partial charge on any atom is -0.382 e. The minimum atomic E-state index is -3.62. The highest BCUT2D eigenvalue weighted by Gasteiger charge is 2.16. The second-order valence-corrected chi connectivity index (χ2v) is 7.72. The number of benzene rings is 1. The summed E-state index contributed by atoms with van der Waals surface area (Å²) in [6.07, 6.45) is 0. The van der Waals surface area contributed by atoms with Gasteiger partial charge in [0.2, 0.25) is 0 Å². The van der Waals surface area contributed by atoms with E-state index in [1.807, 2.05) is 32.9 Å². The van der Waals surface area contributed by atoms with Gasteiger partial charge in [-0.25, -0.2) is 0 Å². The fourth-order valence-electron chi connectivity index (χ4n) is 1.55. The van der Waals surface area contributed by atoms with E-state index in [0.717, 1.165) is 5.56 Å². The Morgan fingerprint density at radius 3 is 2.10 bits per heavy atom. The van der Waals surface area contributed by atoms with Gasteiger partial charge in [0.1, 0.15) is 11.5 Å². The molecule has 0 saturated heterocycles. The maximum absolute atomic E-state index is 11.8. The molecule has 0 aromatic heterocycles. The molecule has 0 unspecified atom stereocenters. The Bertz CT molecular complexity index is 510. The quantitative estimate of drug-likeness (QED) is 0.756. The molecule has 0 bridgehead atoms. The molecule has 0 spiro atoms. The van der Waals surface area contributed by atoms with E-state index >= 15 is 0 Å². The summed E-state index contributed by atoms with van der Waals surface area (Å²) in [5.74, 6) is 0.585. The van der Waals surface area contributed by atoms with Crippen molar-refractivity contribution in [3.8, 4) is 5.75 Å². The molecule has 20 heavy (non-hydrogen) atoms. The Labute approximate surface area is 122 Å². The van der Waals surface area contributed by atoms with Gasteiger partial charge in [0, 0.05) is 0 Å². The van der Waals surface area contributed by atoms with Gasteiger partial charge in [0.25, 0.3) is 0 Å². The van der Waals surface area contributed by atoms with Crippen LogP contribution < -0.4 is 4.18 Å². The lowest BCUT2D eigenvalue weighted by molar-refractivity contribution is 0.00610. The topological polar surface area (TPSA) is 52.6 Å². The predicted molar refractivity (Wildman–Crippen MR) is 80.7 cm³/mol. The average Bonchev–Trinajstić information content (AvgIpc) is 2.26. The fourth-order valence-corrected chi connectivity index (χ4v) is 2.32. The zero-order valence-corrected chi connectivity index (χ0v) is 13.7. The molecule has 0 aliphatic rings. The molecule has 0 heterocycles. The zero-order valence-electron chi connectivity index (χ0n) is 12.8. The third-order valence-corrected chi connectivity index (χ3v) is 3.75. The number of hydrogen-bond donors (Lipinski definition) is 0. The summed E-state index contributed by atoms with van der Waals surface area (Å²) in [5.41, 5.74) is 0.792. The molecular formula is C15H24O4S. The van der Waals surface area contributed by atoms with E-state index in [0.29, 0.717) is 11.7 Å². The lowest BCUT2D eigenvalue weighted by Gasteiger charge is -2.19. The van der Waals surface area contributed by atoms with Crippen molar-refractivity contribution in [2.75, 3.05) is 12.4 Å². The highest BCUT2D eigenvalue weighted by molar-refractivity contribution is 7.87. The Hall–Kier alpha value is -1.07. The molecule has 1 aromatic rings. The number of ether oxygens (including phenoxy) is 1. The summed E-state index contributed by atoms with van der Waals surface area (Å²) >= 11 is 0. The summed E-state index contributed by atoms with van der Waals surface area (Å²) in [7, 11) is -3.62. The highest BCUT2D eigenvalue weighted by atomic mass is 32.2. The third kappa shape index (κ3) is 6.39. The van der Waals surface area contributed by atoms with E-state index in [9.17, 15) is 8.42 Å². The summed E-state index contributed by atoms with van der Waals surface area (Å²) in [6, 6.07) is 7.11. The van der Waals surface area contributed by atoms with Crippen LogP contribution in [-0.2, 0) is 14.9 Å². The van der Waals surface area contributed by atoms with Crippen LogP contribution in [0.1, 0.15) is 46.1 Å². The van der Waals surface area contributed by atoms with Gasteiger partial charge in [0.15, 0.2) is 0 Å². The molecular weight excluding hydrogens is 276 g/mol. The van der Waals surface area contributed by atoms with E-state index in [-0.39, 0.29) is 18.0 Å². The minimum absolute atomic E-state index is 0.121. The lowest BCUT2D eigenvalue weighted by Crippen LogP contribution is -2.25. The first-order valence-electron chi connectivity index (χ1n) is 6.75. The molecule has 0 atom stereocenters. The van der Waals surface area contributed by atoms with Crippen molar-refractivity contribution in [3.63, 3.8) is 0 Å². The van der Waals surface area contributed by atoms with Gasteiger partial charge in [-0.2, -0.15) is 8.42 Å². The maximum Gasteiger partial charge on any atom is 0.311 e. The van der Waals surface area contributed by atoms with Gasteiger partial charge < -0.3 is 8.92 Å². The Morgan fingerprint density at radius 2 is 1.65 bits per heavy atom. The normalized spacial score (nSPS) is 12.7. The van der Waals surface area contributed by atoms with Crippen LogP contribution >= 0.6 is 0 Å². The first kappa shape index (κ1) is 17.0. The number of hydrogen-bond acceptors (Lipinski definition) is 4. The summed E-state index contributed by atoms with van der Waals surface area (Å²) in [6.45, 7) is 9.92. The first-order chi connectivity index (χ1) is 9.09. The summed E-state index contributed by atoms with van der Waals surface area (Å²) < 4.78 is 34.0. The van der Waals surface area contributed by atoms with Crippen LogP contribution in [0.15, 0.2) is 24.3 Å². The molecule has 0 N–H and O–H groups in total. The van der Waals surface area contributed by atoms with Crippen LogP contribution in [0.3, 0.4) is 0 Å². The first-order valence-corrected chi connectivity index (χ1v) is 8.33. The molecule has 0 aliphatic carbocycles. The Balaban J connectivity index is 2.58. The Morgan fingerprint density at radius 1 is 1.10 bits per heavy atom. The van der Waals surface area contributed by atoms with Crippen molar-refractivity contribution in [2.24, 2.45) is 0 Å². The van der Waals surface area contributed by atoms with Gasteiger partial charge in [-0.15, -0.1) is 0 Å². The molecule has 0 radical (unpaired) electrons. The Kier molecular flexibility index (Phi) is 5.59. The lowest BCUT2D eigenvalue weighted by atomic mass is 10.0. The molecule has 0 aliphatic heterocycles. The van der Waals surface area contributed by atoms with Gasteiger partial charge in [0.05, 0.1) is 12.2 Å².